The maximum Gasteiger partial charge on any atom is 0.415 e. The van der Waals surface area contributed by atoms with Crippen LogP contribution in [0.1, 0.15) is 91.7 Å². The topological polar surface area (TPSA) is 146 Å². The van der Waals surface area contributed by atoms with E-state index in [1.54, 1.807) is 29.7 Å². The summed E-state index contributed by atoms with van der Waals surface area (Å²) in [5, 5.41) is 8.38. The van der Waals surface area contributed by atoms with Crippen molar-refractivity contribution in [2.75, 3.05) is 23.9 Å². The fourth-order valence-electron chi connectivity index (χ4n) is 5.85. The summed E-state index contributed by atoms with van der Waals surface area (Å²) in [5.41, 5.74) is 3.95. The Kier molecular flexibility index (Phi) is 9.30. The molecule has 2 saturated carbocycles. The average molecular weight is 655 g/mol. The first-order chi connectivity index (χ1) is 22.9. The molecule has 4 aromatic rings. The van der Waals surface area contributed by atoms with Crippen molar-refractivity contribution < 1.29 is 14.3 Å². The molecular formula is C35H46N10O3. The van der Waals surface area contributed by atoms with Crippen molar-refractivity contribution in [3.8, 4) is 28.7 Å². The minimum atomic E-state index is -0.388. The standard InChI is InChI=1S/C35H46N10O3/c1-22(2)44-15-12-27(43-44)30-26(34(3,4)5)18-38-31(42-30)41-24-8-10-25(11-9-24)45(33(46)48-21-35(6)13-14-35)29-20-36-28(19-37-29)23-16-39-32(47-7)40-17-23/h12,15-20,22,24-25H,8-11,13-14,21H2,1-7H3,(H,38,41,42). The number of nitrogens with one attached hydrogen (secondary N) is 1. The summed E-state index contributed by atoms with van der Waals surface area (Å²) < 4.78 is 12.9. The van der Waals surface area contributed by atoms with E-state index >= 15 is 0 Å². The zero-order valence-electron chi connectivity index (χ0n) is 29.0. The number of hydrogen-bond donors (Lipinski definition) is 1. The fraction of sp³-hybridized carbons (Fsp3) is 0.543. The number of nitrogens with zero attached hydrogens (tertiary/aromatic N) is 9. The van der Waals surface area contributed by atoms with Gasteiger partial charge in [-0.25, -0.2) is 29.7 Å². The van der Waals surface area contributed by atoms with Crippen LogP contribution < -0.4 is 15.0 Å². The van der Waals surface area contributed by atoms with Crippen LogP contribution >= 0.6 is 0 Å². The highest BCUT2D eigenvalue weighted by molar-refractivity contribution is 5.87. The van der Waals surface area contributed by atoms with E-state index < -0.39 is 0 Å². The first kappa shape index (κ1) is 33.2. The predicted molar refractivity (Wildman–Crippen MR) is 183 cm³/mol. The van der Waals surface area contributed by atoms with Gasteiger partial charge in [0.25, 0.3) is 0 Å². The van der Waals surface area contributed by atoms with Crippen molar-refractivity contribution in [1.29, 1.82) is 0 Å². The van der Waals surface area contributed by atoms with Crippen LogP contribution in [-0.4, -0.2) is 71.6 Å². The molecule has 13 heteroatoms. The molecule has 0 atom stereocenters. The van der Waals surface area contributed by atoms with Crippen LogP contribution in [0.2, 0.25) is 0 Å². The predicted octanol–water partition coefficient (Wildman–Crippen LogP) is 6.64. The molecule has 48 heavy (non-hydrogen) atoms. The minimum Gasteiger partial charge on any atom is -0.467 e. The highest BCUT2D eigenvalue weighted by Gasteiger charge is 2.40. The maximum atomic E-state index is 13.6. The number of anilines is 2. The number of amides is 1. The SMILES string of the molecule is COc1ncc(-c2cnc(N(C(=O)OCC3(C)CC3)C3CCC(Nc4ncc(C(C)(C)C)c(-c5ccn(C(C)C)n5)n4)CC3)cn2)cn1. The second-order valence-corrected chi connectivity index (χ2v) is 14.6. The van der Waals surface area contributed by atoms with E-state index in [0.717, 1.165) is 55.5 Å². The number of methoxy groups -OCH3 is 1. The molecule has 254 valence electrons. The Morgan fingerprint density at radius 1 is 1.00 bits per heavy atom. The van der Waals surface area contributed by atoms with Gasteiger partial charge in [-0.05, 0) is 63.9 Å². The molecule has 6 rings (SSSR count). The molecule has 0 bridgehead atoms. The molecule has 4 aromatic heterocycles. The molecular weight excluding hydrogens is 608 g/mol. The van der Waals surface area contributed by atoms with Gasteiger partial charge in [-0.15, -0.1) is 0 Å². The van der Waals surface area contributed by atoms with Crippen LogP contribution in [0.25, 0.3) is 22.6 Å². The summed E-state index contributed by atoms with van der Waals surface area (Å²) in [6.45, 7) is 13.2. The van der Waals surface area contributed by atoms with E-state index in [1.165, 1.54) is 7.11 Å². The molecule has 1 amide bonds. The second-order valence-electron chi connectivity index (χ2n) is 14.6. The van der Waals surface area contributed by atoms with E-state index in [4.69, 9.17) is 24.5 Å². The molecule has 2 aliphatic rings. The van der Waals surface area contributed by atoms with Gasteiger partial charge in [-0.3, -0.25) is 14.6 Å². The van der Waals surface area contributed by atoms with Crippen molar-refractivity contribution in [3.05, 3.63) is 48.8 Å². The molecule has 0 radical (unpaired) electrons. The van der Waals surface area contributed by atoms with Gasteiger partial charge in [-0.2, -0.15) is 5.10 Å². The highest BCUT2D eigenvalue weighted by Crippen LogP contribution is 2.45. The van der Waals surface area contributed by atoms with Gasteiger partial charge in [0.15, 0.2) is 5.82 Å². The molecule has 2 aliphatic carbocycles. The van der Waals surface area contributed by atoms with Gasteiger partial charge in [0, 0.05) is 59.5 Å². The third-order valence-electron chi connectivity index (χ3n) is 9.21. The Labute approximate surface area is 282 Å². The van der Waals surface area contributed by atoms with Crippen molar-refractivity contribution in [3.63, 3.8) is 0 Å². The van der Waals surface area contributed by atoms with Crippen molar-refractivity contribution >= 4 is 17.9 Å². The maximum absolute atomic E-state index is 13.6. The third kappa shape index (κ3) is 7.55. The molecule has 2 fully saturated rings. The van der Waals surface area contributed by atoms with Crippen LogP contribution in [0.5, 0.6) is 6.01 Å². The largest absolute Gasteiger partial charge is 0.467 e. The highest BCUT2D eigenvalue weighted by atomic mass is 16.6. The Morgan fingerprint density at radius 3 is 2.31 bits per heavy atom. The Bertz CT molecular complexity index is 1700. The lowest BCUT2D eigenvalue weighted by Crippen LogP contribution is -2.45. The number of hydrogen-bond acceptors (Lipinski definition) is 11. The second kappa shape index (κ2) is 13.4. The molecule has 0 unspecified atom stereocenters. The van der Waals surface area contributed by atoms with Gasteiger partial charge in [0.2, 0.25) is 5.95 Å². The Morgan fingerprint density at radius 2 is 1.73 bits per heavy atom. The summed E-state index contributed by atoms with van der Waals surface area (Å²) in [6.07, 6.45) is 15.3. The fourth-order valence-corrected chi connectivity index (χ4v) is 5.85. The number of rotatable bonds is 10. The van der Waals surface area contributed by atoms with E-state index in [9.17, 15) is 4.79 Å². The third-order valence-corrected chi connectivity index (χ3v) is 9.21. The summed E-state index contributed by atoms with van der Waals surface area (Å²) in [7, 11) is 1.52. The lowest BCUT2D eigenvalue weighted by atomic mass is 9.86. The molecule has 4 heterocycles. The lowest BCUT2D eigenvalue weighted by Gasteiger charge is -2.36. The monoisotopic (exact) mass is 654 g/mol. The summed E-state index contributed by atoms with van der Waals surface area (Å²) in [4.78, 5) is 42.6. The molecule has 0 saturated heterocycles. The quantitative estimate of drug-likeness (QED) is 0.196. The van der Waals surface area contributed by atoms with E-state index in [2.05, 4.69) is 66.8 Å². The van der Waals surface area contributed by atoms with Gasteiger partial charge in [0.05, 0.1) is 37.5 Å². The van der Waals surface area contributed by atoms with Gasteiger partial charge < -0.3 is 14.8 Å². The molecule has 13 nitrogen and oxygen atoms in total. The van der Waals surface area contributed by atoms with Gasteiger partial charge >= 0.3 is 12.1 Å². The van der Waals surface area contributed by atoms with Crippen molar-refractivity contribution in [1.82, 2.24) is 39.7 Å². The van der Waals surface area contributed by atoms with Crippen LogP contribution in [-0.2, 0) is 10.2 Å². The smallest absolute Gasteiger partial charge is 0.415 e. The molecule has 1 N–H and O–H groups in total. The molecule has 0 aliphatic heterocycles. The van der Waals surface area contributed by atoms with E-state index in [0.29, 0.717) is 29.6 Å². The average Bonchev–Trinajstić information content (AvgIpc) is 3.60. The van der Waals surface area contributed by atoms with Crippen LogP contribution in [0, 0.1) is 5.41 Å². The Balaban J connectivity index is 1.17. The van der Waals surface area contributed by atoms with Crippen LogP contribution in [0.15, 0.2) is 43.2 Å². The summed E-state index contributed by atoms with van der Waals surface area (Å²) in [6, 6.07) is 2.61. The zero-order chi connectivity index (χ0) is 34.1. The van der Waals surface area contributed by atoms with Gasteiger partial charge in [0.1, 0.15) is 5.69 Å². The van der Waals surface area contributed by atoms with Crippen molar-refractivity contribution in [2.24, 2.45) is 5.41 Å². The van der Waals surface area contributed by atoms with Crippen LogP contribution in [0.4, 0.5) is 16.6 Å². The van der Waals surface area contributed by atoms with Gasteiger partial charge in [-0.1, -0.05) is 27.7 Å². The summed E-state index contributed by atoms with van der Waals surface area (Å²) >= 11 is 0. The number of carbonyl (C=O) groups is 1. The molecule has 0 aromatic carbocycles. The van der Waals surface area contributed by atoms with E-state index in [-0.39, 0.29) is 41.1 Å². The number of carbonyl (C=O) groups excluding carboxylic acids is 1. The Hall–Kier alpha value is -4.68. The first-order valence-corrected chi connectivity index (χ1v) is 16.8. The lowest BCUT2D eigenvalue weighted by molar-refractivity contribution is 0.127. The minimum absolute atomic E-state index is 0.0706. The summed E-state index contributed by atoms with van der Waals surface area (Å²) in [5.74, 6) is 1.04. The molecule has 0 spiro atoms. The zero-order valence-corrected chi connectivity index (χ0v) is 29.0. The first-order valence-electron chi connectivity index (χ1n) is 16.8. The van der Waals surface area contributed by atoms with Crippen LogP contribution in [0.3, 0.4) is 0 Å². The van der Waals surface area contributed by atoms with E-state index in [1.807, 2.05) is 23.1 Å². The normalized spacial score (nSPS) is 18.8. The number of aromatic nitrogens is 8. The van der Waals surface area contributed by atoms with Crippen molar-refractivity contribution in [2.45, 2.75) is 104 Å². The number of ether oxygens (including phenoxy) is 2.